The Balaban J connectivity index is 1.59. The van der Waals surface area contributed by atoms with Crippen molar-refractivity contribution >= 4 is 23.4 Å². The molecule has 0 fully saturated rings. The highest BCUT2D eigenvalue weighted by molar-refractivity contribution is 8.00. The van der Waals surface area contributed by atoms with Crippen LogP contribution in [-0.4, -0.2) is 26.8 Å². The fraction of sp³-hybridized carbons (Fsp3) is 0.250. The fourth-order valence-corrected chi connectivity index (χ4v) is 3.43. The van der Waals surface area contributed by atoms with Crippen LogP contribution in [0, 0.1) is 24.0 Å². The van der Waals surface area contributed by atoms with Crippen LogP contribution in [0.15, 0.2) is 51.8 Å². The van der Waals surface area contributed by atoms with Crippen molar-refractivity contribution in [1.82, 2.24) is 10.2 Å². The van der Waals surface area contributed by atoms with E-state index < -0.39 is 17.0 Å². The van der Waals surface area contributed by atoms with E-state index in [1.165, 1.54) is 36.0 Å². The number of ether oxygens (including phenoxy) is 1. The molecule has 29 heavy (non-hydrogen) atoms. The first-order chi connectivity index (χ1) is 13.8. The molecule has 9 heteroatoms. The largest absolute Gasteiger partial charge is 0.452 e. The molecule has 0 spiro atoms. The standard InChI is InChI=1S/C20H19N3O5S/c1-12-4-5-13(2)17(10-12)29-11-18(24)27-14(3)19-21-22-20(28-19)15-6-8-16(9-7-15)23(25)26/h4-10,14H,11H2,1-3H3/t14-/m0/s1. The van der Waals surface area contributed by atoms with Crippen molar-refractivity contribution in [3.05, 3.63) is 69.6 Å². The Kier molecular flexibility index (Phi) is 6.28. The molecule has 0 bridgehead atoms. The summed E-state index contributed by atoms with van der Waals surface area (Å²) >= 11 is 1.42. The predicted molar refractivity (Wildman–Crippen MR) is 108 cm³/mol. The van der Waals surface area contributed by atoms with Gasteiger partial charge in [-0.3, -0.25) is 14.9 Å². The molecule has 0 aliphatic carbocycles. The van der Waals surface area contributed by atoms with E-state index >= 15 is 0 Å². The first kappa shape index (κ1) is 20.5. The highest BCUT2D eigenvalue weighted by atomic mass is 32.2. The lowest BCUT2D eigenvalue weighted by Crippen LogP contribution is -2.11. The summed E-state index contributed by atoms with van der Waals surface area (Å²) in [6, 6.07) is 11.8. The number of carbonyl (C=O) groups is 1. The molecule has 0 saturated carbocycles. The minimum atomic E-state index is -0.707. The molecule has 3 aromatic rings. The monoisotopic (exact) mass is 413 g/mol. The van der Waals surface area contributed by atoms with Gasteiger partial charge in [0.1, 0.15) is 0 Å². The van der Waals surface area contributed by atoms with Gasteiger partial charge in [-0.1, -0.05) is 17.7 Å². The Labute approximate surface area is 171 Å². The molecule has 0 N–H and O–H groups in total. The SMILES string of the molecule is Cc1ccc(C)c(SCC(=O)O[C@@H](C)c2nnc(-c3ccc([N+](=O)[O-])cc3)o2)c1. The van der Waals surface area contributed by atoms with Crippen LogP contribution in [-0.2, 0) is 9.53 Å². The van der Waals surface area contributed by atoms with Crippen molar-refractivity contribution in [3.63, 3.8) is 0 Å². The lowest BCUT2D eigenvalue weighted by Gasteiger charge is -2.10. The van der Waals surface area contributed by atoms with Gasteiger partial charge in [0.2, 0.25) is 5.89 Å². The number of nitro benzene ring substituents is 1. The third-order valence-corrected chi connectivity index (χ3v) is 5.24. The number of benzene rings is 2. The second-order valence-electron chi connectivity index (χ2n) is 6.44. The Bertz CT molecular complexity index is 1030. The van der Waals surface area contributed by atoms with Gasteiger partial charge in [-0.05, 0) is 44.5 Å². The van der Waals surface area contributed by atoms with Gasteiger partial charge in [-0.15, -0.1) is 22.0 Å². The fourth-order valence-electron chi connectivity index (χ4n) is 2.52. The lowest BCUT2D eigenvalue weighted by atomic mass is 10.2. The summed E-state index contributed by atoms with van der Waals surface area (Å²) in [6.45, 7) is 5.64. The number of carbonyl (C=O) groups excluding carboxylic acids is 1. The van der Waals surface area contributed by atoms with Crippen molar-refractivity contribution < 1.29 is 18.9 Å². The molecule has 0 amide bonds. The number of nitro groups is 1. The average Bonchev–Trinajstić information content (AvgIpc) is 3.19. The summed E-state index contributed by atoms with van der Waals surface area (Å²) in [5, 5.41) is 18.6. The van der Waals surface area contributed by atoms with Gasteiger partial charge in [-0.25, -0.2) is 0 Å². The number of hydrogen-bond acceptors (Lipinski definition) is 8. The van der Waals surface area contributed by atoms with E-state index in [4.69, 9.17) is 9.15 Å². The van der Waals surface area contributed by atoms with E-state index in [9.17, 15) is 14.9 Å². The van der Waals surface area contributed by atoms with E-state index in [-0.39, 0.29) is 23.2 Å². The van der Waals surface area contributed by atoms with E-state index in [0.717, 1.165) is 16.0 Å². The van der Waals surface area contributed by atoms with E-state index in [0.29, 0.717) is 5.56 Å². The van der Waals surface area contributed by atoms with E-state index in [1.807, 2.05) is 32.0 Å². The molecule has 8 nitrogen and oxygen atoms in total. The number of hydrogen-bond donors (Lipinski definition) is 0. The Hall–Kier alpha value is -3.20. The Morgan fingerprint density at radius 2 is 1.93 bits per heavy atom. The molecule has 1 atom stereocenters. The molecular weight excluding hydrogens is 394 g/mol. The molecule has 0 saturated heterocycles. The highest BCUT2D eigenvalue weighted by Crippen LogP contribution is 2.26. The van der Waals surface area contributed by atoms with Gasteiger partial charge in [-0.2, -0.15) is 0 Å². The van der Waals surface area contributed by atoms with Crippen LogP contribution in [0.5, 0.6) is 0 Å². The normalized spacial score (nSPS) is 11.8. The maximum Gasteiger partial charge on any atom is 0.317 e. The molecule has 3 rings (SSSR count). The number of aryl methyl sites for hydroxylation is 2. The van der Waals surface area contributed by atoms with Gasteiger partial charge in [0.05, 0.1) is 10.7 Å². The van der Waals surface area contributed by atoms with Crippen LogP contribution in [0.2, 0.25) is 0 Å². The minimum Gasteiger partial charge on any atom is -0.452 e. The first-order valence-corrected chi connectivity index (χ1v) is 9.80. The van der Waals surface area contributed by atoms with Gasteiger partial charge in [0.25, 0.3) is 11.6 Å². The molecule has 0 aliphatic rings. The number of thioether (sulfide) groups is 1. The number of esters is 1. The molecule has 150 valence electrons. The van der Waals surface area contributed by atoms with E-state index in [2.05, 4.69) is 10.2 Å². The van der Waals surface area contributed by atoms with Crippen molar-refractivity contribution in [1.29, 1.82) is 0 Å². The summed E-state index contributed by atoms with van der Waals surface area (Å²) in [7, 11) is 0. The molecule has 1 aromatic heterocycles. The Morgan fingerprint density at radius 3 is 2.62 bits per heavy atom. The second-order valence-corrected chi connectivity index (χ2v) is 7.46. The van der Waals surface area contributed by atoms with E-state index in [1.54, 1.807) is 6.92 Å². The lowest BCUT2D eigenvalue weighted by molar-refractivity contribution is -0.384. The van der Waals surface area contributed by atoms with Crippen LogP contribution in [0.4, 0.5) is 5.69 Å². The van der Waals surface area contributed by atoms with Crippen molar-refractivity contribution in [3.8, 4) is 11.5 Å². The van der Waals surface area contributed by atoms with Gasteiger partial charge >= 0.3 is 5.97 Å². The van der Waals surface area contributed by atoms with Crippen molar-refractivity contribution in [2.75, 3.05) is 5.75 Å². The second kappa shape index (κ2) is 8.87. The zero-order chi connectivity index (χ0) is 21.0. The van der Waals surface area contributed by atoms with Crippen LogP contribution in [0.1, 0.15) is 30.0 Å². The molecular formula is C20H19N3O5S. The topological polar surface area (TPSA) is 108 Å². The van der Waals surface area contributed by atoms with Gasteiger partial charge in [0, 0.05) is 22.6 Å². The summed E-state index contributed by atoms with van der Waals surface area (Å²) in [6.07, 6.45) is -0.707. The van der Waals surface area contributed by atoms with Crippen LogP contribution >= 0.6 is 11.8 Å². The number of nitrogens with zero attached hydrogens (tertiary/aromatic N) is 3. The highest BCUT2D eigenvalue weighted by Gasteiger charge is 2.19. The number of rotatable bonds is 7. The zero-order valence-corrected chi connectivity index (χ0v) is 16.9. The molecule has 2 aromatic carbocycles. The smallest absolute Gasteiger partial charge is 0.317 e. The average molecular weight is 413 g/mol. The van der Waals surface area contributed by atoms with Crippen LogP contribution in [0.3, 0.4) is 0 Å². The molecule has 0 aliphatic heterocycles. The van der Waals surface area contributed by atoms with Crippen molar-refractivity contribution in [2.45, 2.75) is 31.8 Å². The summed E-state index contributed by atoms with van der Waals surface area (Å²) in [5.41, 5.74) is 2.74. The minimum absolute atomic E-state index is 0.0304. The number of aromatic nitrogens is 2. The third-order valence-electron chi connectivity index (χ3n) is 4.11. The van der Waals surface area contributed by atoms with Gasteiger partial charge in [0.15, 0.2) is 6.10 Å². The zero-order valence-electron chi connectivity index (χ0n) is 16.1. The quantitative estimate of drug-likeness (QED) is 0.238. The maximum atomic E-state index is 12.2. The van der Waals surface area contributed by atoms with Crippen LogP contribution in [0.25, 0.3) is 11.5 Å². The first-order valence-electron chi connectivity index (χ1n) is 8.81. The third kappa shape index (κ3) is 5.20. The molecule has 1 heterocycles. The van der Waals surface area contributed by atoms with Gasteiger partial charge < -0.3 is 9.15 Å². The maximum absolute atomic E-state index is 12.2. The van der Waals surface area contributed by atoms with Crippen molar-refractivity contribution in [2.24, 2.45) is 0 Å². The number of non-ortho nitro benzene ring substituents is 1. The Morgan fingerprint density at radius 1 is 1.21 bits per heavy atom. The summed E-state index contributed by atoms with van der Waals surface area (Å²) in [4.78, 5) is 23.5. The molecule has 0 radical (unpaired) electrons. The summed E-state index contributed by atoms with van der Waals surface area (Å²) in [5.74, 6) is 0.127. The predicted octanol–water partition coefficient (Wildman–Crippen LogP) is 4.66. The molecule has 0 unspecified atom stereocenters. The summed E-state index contributed by atoms with van der Waals surface area (Å²) < 4.78 is 10.9. The van der Waals surface area contributed by atoms with Crippen LogP contribution < -0.4 is 0 Å².